The maximum absolute atomic E-state index is 13.1. The number of benzene rings is 3. The standard InChI is InChI=1S/C29H32N4OS/c1-2-22-7-3-4-8-25(22)21-32-17-19-33(20-18-32)29(34)24-12-14-26(15-13-24)31-35-27-11-5-9-23-10-6-16-30-28(23)27/h3-5,7-9,11-16,31H,2,6,10,17-21H2,1H3. The zero-order valence-electron chi connectivity index (χ0n) is 20.2. The second kappa shape index (κ2) is 11.1. The lowest BCUT2D eigenvalue weighted by Crippen LogP contribution is -2.48. The first-order valence-electron chi connectivity index (χ1n) is 12.5. The van der Waals surface area contributed by atoms with Gasteiger partial charge in [0.15, 0.2) is 0 Å². The molecule has 0 aliphatic carbocycles. The molecule has 2 heterocycles. The van der Waals surface area contributed by atoms with Gasteiger partial charge in [-0.3, -0.25) is 14.7 Å². The molecule has 5 rings (SSSR count). The molecule has 0 bridgehead atoms. The van der Waals surface area contributed by atoms with Crippen LogP contribution in [0.5, 0.6) is 0 Å². The second-order valence-corrected chi connectivity index (χ2v) is 9.93. The van der Waals surface area contributed by atoms with Crippen molar-refractivity contribution in [1.82, 2.24) is 9.80 Å². The van der Waals surface area contributed by atoms with Crippen molar-refractivity contribution < 1.29 is 4.79 Å². The van der Waals surface area contributed by atoms with E-state index < -0.39 is 0 Å². The number of fused-ring (bicyclic) bond motifs is 1. The van der Waals surface area contributed by atoms with Gasteiger partial charge in [-0.15, -0.1) is 0 Å². The molecule has 35 heavy (non-hydrogen) atoms. The van der Waals surface area contributed by atoms with E-state index in [1.807, 2.05) is 35.4 Å². The first-order chi connectivity index (χ1) is 17.2. The van der Waals surface area contributed by atoms with Gasteiger partial charge in [-0.25, -0.2) is 0 Å². The number of hydrogen-bond donors (Lipinski definition) is 1. The van der Waals surface area contributed by atoms with E-state index in [2.05, 4.69) is 64.0 Å². The second-order valence-electron chi connectivity index (χ2n) is 9.09. The number of carbonyl (C=O) groups is 1. The predicted molar refractivity (Wildman–Crippen MR) is 146 cm³/mol. The first kappa shape index (κ1) is 23.6. The molecule has 0 atom stereocenters. The molecule has 3 aromatic carbocycles. The van der Waals surface area contributed by atoms with E-state index in [1.165, 1.54) is 16.7 Å². The van der Waals surface area contributed by atoms with Crippen LogP contribution in [0.3, 0.4) is 0 Å². The minimum atomic E-state index is 0.115. The molecule has 2 aliphatic rings. The molecule has 0 aromatic heterocycles. The number of anilines is 1. The van der Waals surface area contributed by atoms with Crippen LogP contribution in [0.4, 0.5) is 11.4 Å². The van der Waals surface area contributed by atoms with Crippen LogP contribution in [0.1, 0.15) is 40.4 Å². The summed E-state index contributed by atoms with van der Waals surface area (Å²) in [6.45, 7) is 6.51. The highest BCUT2D eigenvalue weighted by Gasteiger charge is 2.22. The smallest absolute Gasteiger partial charge is 0.253 e. The zero-order chi connectivity index (χ0) is 24.0. The number of nitrogens with zero attached hydrogens (tertiary/aromatic N) is 3. The number of aryl methyl sites for hydroxylation is 2. The highest BCUT2D eigenvalue weighted by atomic mass is 32.2. The minimum absolute atomic E-state index is 0.115. The van der Waals surface area contributed by atoms with Crippen molar-refractivity contribution in [2.75, 3.05) is 30.9 Å². The van der Waals surface area contributed by atoms with Gasteiger partial charge < -0.3 is 9.62 Å². The van der Waals surface area contributed by atoms with Crippen LogP contribution in [0.2, 0.25) is 0 Å². The quantitative estimate of drug-likeness (QED) is 0.420. The van der Waals surface area contributed by atoms with Gasteiger partial charge in [0.2, 0.25) is 0 Å². The summed E-state index contributed by atoms with van der Waals surface area (Å²) in [5, 5.41) is 0. The van der Waals surface area contributed by atoms with Crippen molar-refractivity contribution in [1.29, 1.82) is 0 Å². The summed E-state index contributed by atoms with van der Waals surface area (Å²) in [4.78, 5) is 23.2. The van der Waals surface area contributed by atoms with Gasteiger partial charge in [0.1, 0.15) is 0 Å². The van der Waals surface area contributed by atoms with E-state index in [1.54, 1.807) is 11.9 Å². The van der Waals surface area contributed by atoms with Crippen LogP contribution >= 0.6 is 11.9 Å². The molecule has 2 aliphatic heterocycles. The molecular weight excluding hydrogens is 452 g/mol. The average molecular weight is 485 g/mol. The van der Waals surface area contributed by atoms with E-state index in [-0.39, 0.29) is 5.91 Å². The number of hydrogen-bond acceptors (Lipinski definition) is 5. The SMILES string of the molecule is CCc1ccccc1CN1CCN(C(=O)c2ccc(NSc3cccc4c3N=CCC4)cc2)CC1. The number of piperazine rings is 1. The summed E-state index contributed by atoms with van der Waals surface area (Å²) in [5.41, 5.74) is 6.90. The fraction of sp³-hybridized carbons (Fsp3) is 0.310. The lowest BCUT2D eigenvalue weighted by Gasteiger charge is -2.35. The van der Waals surface area contributed by atoms with Crippen LogP contribution in [0, 0.1) is 0 Å². The van der Waals surface area contributed by atoms with Gasteiger partial charge in [-0.05, 0) is 78.2 Å². The Labute approximate surface area is 212 Å². The Morgan fingerprint density at radius 3 is 2.49 bits per heavy atom. The highest BCUT2D eigenvalue weighted by Crippen LogP contribution is 2.35. The number of rotatable bonds is 7. The number of para-hydroxylation sites is 1. The molecule has 0 spiro atoms. The van der Waals surface area contributed by atoms with Crippen molar-refractivity contribution in [2.24, 2.45) is 4.99 Å². The van der Waals surface area contributed by atoms with Gasteiger partial charge in [-0.2, -0.15) is 0 Å². The summed E-state index contributed by atoms with van der Waals surface area (Å²) in [5.74, 6) is 0.115. The molecule has 5 nitrogen and oxygen atoms in total. The first-order valence-corrected chi connectivity index (χ1v) is 13.3. The van der Waals surface area contributed by atoms with Gasteiger partial charge in [0.25, 0.3) is 5.91 Å². The fourth-order valence-corrected chi connectivity index (χ4v) is 5.55. The zero-order valence-corrected chi connectivity index (χ0v) is 21.1. The van der Waals surface area contributed by atoms with Gasteiger partial charge in [0, 0.05) is 50.2 Å². The number of nitrogens with one attached hydrogen (secondary N) is 1. The molecule has 0 saturated carbocycles. The monoisotopic (exact) mass is 484 g/mol. The molecule has 1 fully saturated rings. The van der Waals surface area contributed by atoms with Crippen molar-refractivity contribution >= 4 is 35.4 Å². The molecule has 1 amide bonds. The highest BCUT2D eigenvalue weighted by molar-refractivity contribution is 8.00. The van der Waals surface area contributed by atoms with Crippen LogP contribution in [-0.4, -0.2) is 48.1 Å². The van der Waals surface area contributed by atoms with Gasteiger partial charge in [-0.1, -0.05) is 43.3 Å². The summed E-state index contributed by atoms with van der Waals surface area (Å²) in [7, 11) is 0. The van der Waals surface area contributed by atoms with Crippen molar-refractivity contribution in [2.45, 2.75) is 37.6 Å². The molecular formula is C29H32N4OS. The molecule has 6 heteroatoms. The third-order valence-corrected chi connectivity index (χ3v) is 7.70. The summed E-state index contributed by atoms with van der Waals surface area (Å²) in [6, 6.07) is 22.8. The third kappa shape index (κ3) is 5.60. The van der Waals surface area contributed by atoms with Crippen LogP contribution in [-0.2, 0) is 19.4 Å². The van der Waals surface area contributed by atoms with E-state index in [0.717, 1.165) is 73.8 Å². The Balaban J connectivity index is 1.14. The maximum atomic E-state index is 13.1. The number of carbonyl (C=O) groups excluding carboxylic acids is 1. The fourth-order valence-electron chi connectivity index (χ4n) is 4.76. The Bertz CT molecular complexity index is 1200. The summed E-state index contributed by atoms with van der Waals surface area (Å²) < 4.78 is 3.41. The number of aliphatic imine (C=N–C) groups is 1. The van der Waals surface area contributed by atoms with Gasteiger partial charge >= 0.3 is 0 Å². The van der Waals surface area contributed by atoms with Crippen LogP contribution < -0.4 is 4.72 Å². The Morgan fingerprint density at radius 2 is 1.71 bits per heavy atom. The van der Waals surface area contributed by atoms with E-state index in [4.69, 9.17) is 0 Å². The van der Waals surface area contributed by atoms with Crippen molar-refractivity contribution in [3.8, 4) is 0 Å². The lowest BCUT2D eigenvalue weighted by atomic mass is 10.0. The molecule has 0 unspecified atom stereocenters. The summed E-state index contributed by atoms with van der Waals surface area (Å²) >= 11 is 1.57. The third-order valence-electron chi connectivity index (χ3n) is 6.81. The number of amides is 1. The predicted octanol–water partition coefficient (Wildman–Crippen LogP) is 5.97. The topological polar surface area (TPSA) is 47.9 Å². The maximum Gasteiger partial charge on any atom is 0.253 e. The Morgan fingerprint density at radius 1 is 0.943 bits per heavy atom. The Hall–Kier alpha value is -3.09. The van der Waals surface area contributed by atoms with E-state index in [9.17, 15) is 4.79 Å². The normalized spacial score (nSPS) is 15.6. The van der Waals surface area contributed by atoms with Gasteiger partial charge in [0.05, 0.1) is 10.6 Å². The van der Waals surface area contributed by atoms with Crippen LogP contribution in [0.15, 0.2) is 76.6 Å². The van der Waals surface area contributed by atoms with Crippen molar-refractivity contribution in [3.63, 3.8) is 0 Å². The van der Waals surface area contributed by atoms with E-state index in [0.29, 0.717) is 0 Å². The molecule has 1 N–H and O–H groups in total. The molecule has 1 saturated heterocycles. The minimum Gasteiger partial charge on any atom is -0.336 e. The molecule has 180 valence electrons. The van der Waals surface area contributed by atoms with Crippen molar-refractivity contribution in [3.05, 3.63) is 89.0 Å². The Kier molecular flexibility index (Phi) is 7.50. The molecule has 3 aromatic rings. The van der Waals surface area contributed by atoms with E-state index >= 15 is 0 Å². The summed E-state index contributed by atoms with van der Waals surface area (Å²) in [6.07, 6.45) is 5.10. The molecule has 0 radical (unpaired) electrons. The van der Waals surface area contributed by atoms with Crippen LogP contribution in [0.25, 0.3) is 0 Å². The largest absolute Gasteiger partial charge is 0.336 e. The average Bonchev–Trinajstić information content (AvgIpc) is 2.92. The lowest BCUT2D eigenvalue weighted by molar-refractivity contribution is 0.0628.